The number of piperidine rings is 1. The minimum Gasteiger partial charge on any atom is -0.724 e. The first kappa shape index (κ1) is 23.9. The Hall–Kier alpha value is -1.40. The number of amides is 3. The van der Waals surface area contributed by atoms with Crippen molar-refractivity contribution in [2.45, 2.75) is 37.9 Å². The van der Waals surface area contributed by atoms with Crippen LogP contribution in [0.15, 0.2) is 0 Å². The monoisotopic (exact) mass is 443 g/mol. The molecule has 29 heavy (non-hydrogen) atoms. The number of aliphatic hydroxyl groups is 1. The van der Waals surface area contributed by atoms with E-state index in [0.29, 0.717) is 10.9 Å². The van der Waals surface area contributed by atoms with E-state index in [1.54, 1.807) is 0 Å². The summed E-state index contributed by atoms with van der Waals surface area (Å²) in [5.74, 6) is -0.127. The van der Waals surface area contributed by atoms with Crippen LogP contribution in [0.5, 0.6) is 0 Å². The Morgan fingerprint density at radius 1 is 1.38 bits per heavy atom. The van der Waals surface area contributed by atoms with Gasteiger partial charge in [-0.15, -0.1) is 5.10 Å². The van der Waals surface area contributed by atoms with Crippen molar-refractivity contribution in [1.29, 1.82) is 0 Å². The van der Waals surface area contributed by atoms with Crippen molar-refractivity contribution in [2.24, 2.45) is 0 Å². The molecule has 1 aromatic heterocycles. The Bertz CT molecular complexity index is 836. The van der Waals surface area contributed by atoms with E-state index >= 15 is 0 Å². The summed E-state index contributed by atoms with van der Waals surface area (Å²) in [6, 6.07) is -2.37. The SMILES string of the molecule is O=C(NOCCn1nnnc1CCO)[C@@H]1CC[C@@H]2CN1C(=O)N2OS(=O)(=O)[O-].[Na+]. The van der Waals surface area contributed by atoms with Crippen LogP contribution in [0.2, 0.25) is 0 Å². The normalized spacial score (nSPS) is 21.2. The average Bonchev–Trinajstić information content (AvgIpc) is 3.16. The summed E-state index contributed by atoms with van der Waals surface area (Å²) in [5, 5.41) is 20.3. The molecule has 2 bridgehead atoms. The first-order valence-electron chi connectivity index (χ1n) is 8.33. The Balaban J connectivity index is 0.00000300. The van der Waals surface area contributed by atoms with Gasteiger partial charge in [0.1, 0.15) is 6.04 Å². The Morgan fingerprint density at radius 2 is 2.14 bits per heavy atom. The van der Waals surface area contributed by atoms with Crippen molar-refractivity contribution in [1.82, 2.24) is 35.7 Å². The number of hydrogen-bond donors (Lipinski definition) is 2. The summed E-state index contributed by atoms with van der Waals surface area (Å²) in [6.07, 6.45) is 0.806. The van der Waals surface area contributed by atoms with Crippen LogP contribution in [0.25, 0.3) is 0 Å². The zero-order valence-electron chi connectivity index (χ0n) is 15.5. The van der Waals surface area contributed by atoms with Crippen LogP contribution in [0.3, 0.4) is 0 Å². The van der Waals surface area contributed by atoms with Gasteiger partial charge in [-0.1, -0.05) is 0 Å². The Morgan fingerprint density at radius 3 is 2.83 bits per heavy atom. The van der Waals surface area contributed by atoms with E-state index in [1.807, 2.05) is 0 Å². The smallest absolute Gasteiger partial charge is 0.724 e. The second-order valence-electron chi connectivity index (χ2n) is 6.10. The predicted octanol–water partition coefficient (Wildman–Crippen LogP) is -6.08. The third-order valence-corrected chi connectivity index (χ3v) is 4.66. The predicted molar refractivity (Wildman–Crippen MR) is 84.2 cm³/mol. The molecule has 3 rings (SSSR count). The quantitative estimate of drug-likeness (QED) is 0.121. The number of urea groups is 1. The molecule has 0 radical (unpaired) electrons. The number of nitrogens with one attached hydrogen (secondary N) is 1. The van der Waals surface area contributed by atoms with Crippen molar-refractivity contribution in [2.75, 3.05) is 19.8 Å². The molecule has 3 heterocycles. The number of tetrazole rings is 1. The van der Waals surface area contributed by atoms with Gasteiger partial charge in [-0.2, -0.15) is 9.35 Å². The van der Waals surface area contributed by atoms with Crippen LogP contribution < -0.4 is 35.0 Å². The van der Waals surface area contributed by atoms with E-state index in [2.05, 4.69) is 25.3 Å². The van der Waals surface area contributed by atoms with Gasteiger partial charge in [0.05, 0.1) is 25.8 Å². The maximum Gasteiger partial charge on any atom is 1.00 e. The van der Waals surface area contributed by atoms with E-state index in [0.717, 1.165) is 4.90 Å². The van der Waals surface area contributed by atoms with Gasteiger partial charge >= 0.3 is 35.6 Å². The molecule has 2 aliphatic rings. The van der Waals surface area contributed by atoms with Crippen molar-refractivity contribution < 1.29 is 66.3 Å². The molecule has 2 N–H and O–H groups in total. The molecule has 0 aromatic carbocycles. The van der Waals surface area contributed by atoms with Crippen LogP contribution in [-0.4, -0.2) is 92.0 Å². The van der Waals surface area contributed by atoms with Gasteiger partial charge < -0.3 is 14.6 Å². The molecule has 2 fully saturated rings. The van der Waals surface area contributed by atoms with E-state index in [9.17, 15) is 22.6 Å². The number of rotatable bonds is 9. The van der Waals surface area contributed by atoms with Crippen molar-refractivity contribution in [3.8, 4) is 0 Å². The topological polar surface area (TPSA) is 192 Å². The van der Waals surface area contributed by atoms with Crippen molar-refractivity contribution in [3.63, 3.8) is 0 Å². The minimum absolute atomic E-state index is 0. The van der Waals surface area contributed by atoms with E-state index in [1.165, 1.54) is 4.68 Å². The molecule has 0 spiro atoms. The molecule has 0 aliphatic carbocycles. The second-order valence-corrected chi connectivity index (χ2v) is 7.06. The molecule has 0 saturated carbocycles. The minimum atomic E-state index is -5.09. The first-order valence-corrected chi connectivity index (χ1v) is 9.66. The van der Waals surface area contributed by atoms with E-state index in [-0.39, 0.29) is 75.1 Å². The van der Waals surface area contributed by atoms with Crippen LogP contribution >= 0.6 is 0 Å². The molecule has 17 heteroatoms. The number of aromatic nitrogens is 4. The van der Waals surface area contributed by atoms with Gasteiger partial charge in [0.15, 0.2) is 5.82 Å². The van der Waals surface area contributed by atoms with Gasteiger partial charge in [0.25, 0.3) is 5.91 Å². The van der Waals surface area contributed by atoms with Gasteiger partial charge in [0, 0.05) is 13.0 Å². The summed E-state index contributed by atoms with van der Waals surface area (Å²) in [4.78, 5) is 30.7. The third-order valence-electron chi connectivity index (χ3n) is 4.32. The van der Waals surface area contributed by atoms with Crippen LogP contribution in [-0.2, 0) is 37.3 Å². The number of carbonyl (C=O) groups is 2. The standard InChI is InChI=1S/C12H19N7O8S.Na/c20-5-3-10-13-15-16-18(10)4-6-26-14-11(21)9-2-1-8-7-17(9)12(22)19(8)27-28(23,24)25;/h8-9,20H,1-7H2,(H,14,21)(H,23,24,25);/q;+1/p-1/t8-,9+;/m1./s1. The molecular weight excluding hydrogens is 425 g/mol. The molecule has 1 aromatic rings. The number of hydroxylamine groups is 3. The maximum atomic E-state index is 12.3. The Kier molecular flexibility index (Phi) is 8.29. The maximum absolute atomic E-state index is 12.3. The molecule has 3 amide bonds. The van der Waals surface area contributed by atoms with Gasteiger partial charge in [0.2, 0.25) is 10.4 Å². The molecule has 2 saturated heterocycles. The molecule has 2 aliphatic heterocycles. The first-order chi connectivity index (χ1) is 13.3. The summed E-state index contributed by atoms with van der Waals surface area (Å²) >= 11 is 0. The van der Waals surface area contributed by atoms with Gasteiger partial charge in [-0.3, -0.25) is 9.63 Å². The number of carbonyl (C=O) groups excluding carboxylic acids is 2. The van der Waals surface area contributed by atoms with Crippen molar-refractivity contribution >= 4 is 22.3 Å². The Labute approximate surface area is 187 Å². The van der Waals surface area contributed by atoms with Gasteiger partial charge in [-0.05, 0) is 23.3 Å². The molecular formula is C12H18N7NaO8S. The fourth-order valence-corrected chi connectivity index (χ4v) is 3.48. The fourth-order valence-electron chi connectivity index (χ4n) is 3.10. The summed E-state index contributed by atoms with van der Waals surface area (Å²) in [6.45, 7) is 0.198. The van der Waals surface area contributed by atoms with Crippen LogP contribution in [0.4, 0.5) is 4.79 Å². The average molecular weight is 443 g/mol. The van der Waals surface area contributed by atoms with E-state index < -0.39 is 34.4 Å². The third kappa shape index (κ3) is 5.82. The summed E-state index contributed by atoms with van der Waals surface area (Å²) in [5.41, 5.74) is 2.23. The summed E-state index contributed by atoms with van der Waals surface area (Å²) in [7, 11) is -5.09. The number of aliphatic hydroxyl groups excluding tert-OH is 1. The second kappa shape index (κ2) is 10.1. The van der Waals surface area contributed by atoms with E-state index in [4.69, 9.17) is 9.94 Å². The fraction of sp³-hybridized carbons (Fsp3) is 0.750. The zero-order chi connectivity index (χ0) is 20.3. The molecule has 156 valence electrons. The molecule has 0 unspecified atom stereocenters. The molecule has 2 atom stereocenters. The number of nitrogens with zero attached hydrogens (tertiary/aromatic N) is 6. The van der Waals surface area contributed by atoms with Crippen molar-refractivity contribution in [3.05, 3.63) is 5.82 Å². The molecule has 15 nitrogen and oxygen atoms in total. The largest absolute Gasteiger partial charge is 1.00 e. The zero-order valence-corrected chi connectivity index (χ0v) is 18.3. The number of fused-ring (bicyclic) bond motifs is 2. The van der Waals surface area contributed by atoms with Crippen LogP contribution in [0, 0.1) is 0 Å². The van der Waals surface area contributed by atoms with Crippen LogP contribution in [0.1, 0.15) is 18.7 Å². The number of hydrogen-bond acceptors (Lipinski definition) is 11. The van der Waals surface area contributed by atoms with Gasteiger partial charge in [-0.25, -0.2) is 23.4 Å². The summed E-state index contributed by atoms with van der Waals surface area (Å²) < 4.78 is 37.9.